The molecule has 0 saturated heterocycles. The van der Waals surface area contributed by atoms with E-state index in [1.807, 2.05) is 24.3 Å². The van der Waals surface area contributed by atoms with E-state index in [0.717, 1.165) is 10.0 Å². The van der Waals surface area contributed by atoms with Gasteiger partial charge < -0.3 is 9.84 Å². The van der Waals surface area contributed by atoms with E-state index in [2.05, 4.69) is 26.4 Å². The Morgan fingerprint density at radius 3 is 2.33 bits per heavy atom. The molecule has 0 radical (unpaired) electrons. The lowest BCUT2D eigenvalue weighted by Crippen LogP contribution is -2.12. The van der Waals surface area contributed by atoms with Crippen LogP contribution < -0.4 is 5.32 Å². The van der Waals surface area contributed by atoms with E-state index < -0.39 is 0 Å². The number of amides is 1. The van der Waals surface area contributed by atoms with Gasteiger partial charge in [-0.25, -0.2) is 0 Å². The number of carbonyl (C=O) groups excluding carboxylic acids is 2. The van der Waals surface area contributed by atoms with Gasteiger partial charge in [0.1, 0.15) is 0 Å². The molecule has 3 rings (SSSR count). The van der Waals surface area contributed by atoms with E-state index in [1.165, 1.54) is 6.92 Å². The normalized spacial score (nSPS) is 10.4. The first kappa shape index (κ1) is 16.1. The van der Waals surface area contributed by atoms with Crippen LogP contribution in [0.1, 0.15) is 27.8 Å². The van der Waals surface area contributed by atoms with Gasteiger partial charge in [-0.1, -0.05) is 33.2 Å². The predicted octanol–water partition coefficient (Wildman–Crippen LogP) is 4.56. The Labute approximate surface area is 146 Å². The minimum Gasteiger partial charge on any atom is -0.355 e. The van der Waals surface area contributed by atoms with Crippen LogP contribution in [-0.2, 0) is 0 Å². The van der Waals surface area contributed by atoms with Crippen molar-refractivity contribution in [3.05, 3.63) is 70.3 Å². The second kappa shape index (κ2) is 6.80. The number of hydrogen-bond donors (Lipinski definition) is 1. The van der Waals surface area contributed by atoms with E-state index >= 15 is 0 Å². The standard InChI is InChI=1S/C18H13BrN2O3/c1-11(22)12-4-8-15(9-5-12)20-18(23)16-10-17(24-21-16)13-2-6-14(19)7-3-13/h2-10H,1H3,(H,20,23). The van der Waals surface area contributed by atoms with E-state index in [9.17, 15) is 9.59 Å². The minimum absolute atomic E-state index is 0.0245. The van der Waals surface area contributed by atoms with Gasteiger partial charge in [0.25, 0.3) is 5.91 Å². The van der Waals surface area contributed by atoms with Crippen molar-refractivity contribution in [3.63, 3.8) is 0 Å². The van der Waals surface area contributed by atoms with Gasteiger partial charge in [-0.15, -0.1) is 0 Å². The van der Waals surface area contributed by atoms with Gasteiger partial charge in [0, 0.05) is 27.4 Å². The number of rotatable bonds is 4. The molecule has 0 unspecified atom stereocenters. The van der Waals surface area contributed by atoms with Crippen LogP contribution in [0.4, 0.5) is 5.69 Å². The maximum Gasteiger partial charge on any atom is 0.277 e. The van der Waals surface area contributed by atoms with Gasteiger partial charge in [-0.05, 0) is 43.3 Å². The first-order valence-electron chi connectivity index (χ1n) is 7.18. The lowest BCUT2D eigenvalue weighted by Gasteiger charge is -2.03. The van der Waals surface area contributed by atoms with Crippen molar-refractivity contribution < 1.29 is 14.1 Å². The number of ketones is 1. The molecule has 24 heavy (non-hydrogen) atoms. The molecule has 0 bridgehead atoms. The highest BCUT2D eigenvalue weighted by molar-refractivity contribution is 9.10. The van der Waals surface area contributed by atoms with Crippen molar-refractivity contribution in [3.8, 4) is 11.3 Å². The molecule has 0 spiro atoms. The summed E-state index contributed by atoms with van der Waals surface area (Å²) in [5, 5.41) is 6.52. The number of aromatic nitrogens is 1. The number of carbonyl (C=O) groups is 2. The number of halogens is 1. The first-order valence-corrected chi connectivity index (χ1v) is 7.97. The van der Waals surface area contributed by atoms with E-state index in [4.69, 9.17) is 4.52 Å². The zero-order valence-corrected chi connectivity index (χ0v) is 14.3. The SMILES string of the molecule is CC(=O)c1ccc(NC(=O)c2cc(-c3ccc(Br)cc3)on2)cc1. The summed E-state index contributed by atoms with van der Waals surface area (Å²) in [6.07, 6.45) is 0. The van der Waals surface area contributed by atoms with E-state index in [1.54, 1.807) is 30.3 Å². The molecule has 1 amide bonds. The Kier molecular flexibility index (Phi) is 4.57. The van der Waals surface area contributed by atoms with Gasteiger partial charge in [0.2, 0.25) is 0 Å². The Morgan fingerprint density at radius 1 is 1.04 bits per heavy atom. The molecule has 0 fully saturated rings. The molecule has 1 aromatic heterocycles. The van der Waals surface area contributed by atoms with Gasteiger partial charge in [-0.3, -0.25) is 9.59 Å². The molecular formula is C18H13BrN2O3. The summed E-state index contributed by atoms with van der Waals surface area (Å²) < 4.78 is 6.19. The number of anilines is 1. The van der Waals surface area contributed by atoms with Crippen LogP contribution in [-0.4, -0.2) is 16.8 Å². The molecule has 0 aliphatic heterocycles. The fourth-order valence-electron chi connectivity index (χ4n) is 2.12. The van der Waals surface area contributed by atoms with Gasteiger partial charge in [0.15, 0.2) is 17.2 Å². The number of Topliss-reactive ketones (excluding diaryl/α,β-unsaturated/α-hetero) is 1. The fraction of sp³-hybridized carbons (Fsp3) is 0.0556. The molecule has 3 aromatic rings. The third-order valence-corrected chi connectivity index (χ3v) is 3.95. The average Bonchev–Trinajstić information content (AvgIpc) is 3.06. The molecule has 5 nitrogen and oxygen atoms in total. The fourth-order valence-corrected chi connectivity index (χ4v) is 2.38. The second-order valence-electron chi connectivity index (χ2n) is 5.17. The molecule has 6 heteroatoms. The monoisotopic (exact) mass is 384 g/mol. The van der Waals surface area contributed by atoms with Crippen LogP contribution in [0, 0.1) is 0 Å². The Morgan fingerprint density at radius 2 is 1.71 bits per heavy atom. The topological polar surface area (TPSA) is 72.2 Å². The molecule has 0 aliphatic rings. The minimum atomic E-state index is -0.377. The zero-order valence-electron chi connectivity index (χ0n) is 12.7. The Hall–Kier alpha value is -2.73. The van der Waals surface area contributed by atoms with E-state index in [0.29, 0.717) is 17.0 Å². The van der Waals surface area contributed by atoms with Crippen molar-refractivity contribution in [2.45, 2.75) is 6.92 Å². The highest BCUT2D eigenvalue weighted by atomic mass is 79.9. The molecule has 0 atom stereocenters. The number of hydrogen-bond acceptors (Lipinski definition) is 4. The largest absolute Gasteiger partial charge is 0.355 e. The van der Waals surface area contributed by atoms with Crippen LogP contribution in [0.15, 0.2) is 63.6 Å². The highest BCUT2D eigenvalue weighted by Crippen LogP contribution is 2.23. The molecule has 120 valence electrons. The van der Waals surface area contributed by atoms with Gasteiger partial charge >= 0.3 is 0 Å². The Bertz CT molecular complexity index is 883. The number of nitrogens with zero attached hydrogens (tertiary/aromatic N) is 1. The van der Waals surface area contributed by atoms with Crippen LogP contribution in [0.2, 0.25) is 0 Å². The molecule has 0 aliphatic carbocycles. The molecule has 1 N–H and O–H groups in total. The van der Waals surface area contributed by atoms with Crippen molar-refractivity contribution in [2.75, 3.05) is 5.32 Å². The molecule has 0 saturated carbocycles. The molecule has 2 aromatic carbocycles. The van der Waals surface area contributed by atoms with Crippen LogP contribution in [0.25, 0.3) is 11.3 Å². The van der Waals surface area contributed by atoms with Gasteiger partial charge in [0.05, 0.1) is 0 Å². The zero-order chi connectivity index (χ0) is 17.1. The summed E-state index contributed by atoms with van der Waals surface area (Å²) >= 11 is 3.37. The third-order valence-electron chi connectivity index (χ3n) is 3.42. The third kappa shape index (κ3) is 3.60. The van der Waals surface area contributed by atoms with Crippen molar-refractivity contribution in [1.82, 2.24) is 5.16 Å². The lowest BCUT2D eigenvalue weighted by molar-refractivity contribution is 0.101. The van der Waals surface area contributed by atoms with E-state index in [-0.39, 0.29) is 17.4 Å². The first-order chi connectivity index (χ1) is 11.5. The maximum atomic E-state index is 12.2. The Balaban J connectivity index is 1.73. The highest BCUT2D eigenvalue weighted by Gasteiger charge is 2.14. The number of nitrogens with one attached hydrogen (secondary N) is 1. The predicted molar refractivity (Wildman–Crippen MR) is 94.0 cm³/mol. The average molecular weight is 385 g/mol. The van der Waals surface area contributed by atoms with Crippen LogP contribution >= 0.6 is 15.9 Å². The van der Waals surface area contributed by atoms with Crippen LogP contribution in [0.3, 0.4) is 0 Å². The summed E-state index contributed by atoms with van der Waals surface area (Å²) in [5.41, 5.74) is 2.18. The quantitative estimate of drug-likeness (QED) is 0.669. The smallest absolute Gasteiger partial charge is 0.277 e. The molecular weight excluding hydrogens is 372 g/mol. The summed E-state index contributed by atoms with van der Waals surface area (Å²) in [4.78, 5) is 23.5. The lowest BCUT2D eigenvalue weighted by atomic mass is 10.1. The summed E-state index contributed by atoms with van der Waals surface area (Å²) in [6.45, 7) is 1.49. The number of benzene rings is 2. The second-order valence-corrected chi connectivity index (χ2v) is 6.09. The van der Waals surface area contributed by atoms with Crippen molar-refractivity contribution in [1.29, 1.82) is 0 Å². The summed E-state index contributed by atoms with van der Waals surface area (Å²) in [7, 11) is 0. The summed E-state index contributed by atoms with van der Waals surface area (Å²) in [5.74, 6) is 0.112. The maximum absolute atomic E-state index is 12.2. The summed E-state index contributed by atoms with van der Waals surface area (Å²) in [6, 6.07) is 15.8. The van der Waals surface area contributed by atoms with Crippen molar-refractivity contribution >= 4 is 33.3 Å². The molecule has 1 heterocycles. The van der Waals surface area contributed by atoms with Crippen molar-refractivity contribution in [2.24, 2.45) is 0 Å². The van der Waals surface area contributed by atoms with Gasteiger partial charge in [-0.2, -0.15) is 0 Å². The van der Waals surface area contributed by atoms with Crippen LogP contribution in [0.5, 0.6) is 0 Å².